The molecule has 4 nitrogen and oxygen atoms in total. The summed E-state index contributed by atoms with van der Waals surface area (Å²) in [6.07, 6.45) is -8.12. The van der Waals surface area contributed by atoms with Gasteiger partial charge >= 0.3 is 12.3 Å². The van der Waals surface area contributed by atoms with Gasteiger partial charge in [-0.1, -0.05) is 15.9 Å². The lowest BCUT2D eigenvalue weighted by Crippen LogP contribution is -2.39. The van der Waals surface area contributed by atoms with Crippen molar-refractivity contribution < 1.29 is 32.5 Å². The number of halogens is 5. The number of rotatable bonds is 1. The fourth-order valence-electron chi connectivity index (χ4n) is 1.63. The molecule has 9 heteroatoms. The summed E-state index contributed by atoms with van der Waals surface area (Å²) >= 11 is 6.26. The molecule has 1 aromatic carbocycles. The fraction of sp³-hybridized carbons (Fsp3) is 0.182. The largest absolute Gasteiger partial charge is 0.511 e. The monoisotopic (exact) mass is 416 g/mol. The number of fused-ring (bicyclic) bond motifs is 1. The Morgan fingerprint density at radius 1 is 1.35 bits per heavy atom. The highest BCUT2D eigenvalue weighted by atomic mass is 79.9. The molecule has 108 valence electrons. The Balaban J connectivity index is 2.53. The summed E-state index contributed by atoms with van der Waals surface area (Å²) in [7, 11) is 0. The third kappa shape index (κ3) is 3.09. The number of hydrogen-bond acceptors (Lipinski definition) is 3. The number of alkyl halides is 3. The highest BCUT2D eigenvalue weighted by molar-refractivity contribution is 9.11. The van der Waals surface area contributed by atoms with Crippen molar-refractivity contribution in [2.45, 2.75) is 12.3 Å². The van der Waals surface area contributed by atoms with Gasteiger partial charge in [0.2, 0.25) is 0 Å². The molecule has 1 aromatic rings. The second-order valence-corrected chi connectivity index (χ2v) is 5.53. The zero-order valence-electron chi connectivity index (χ0n) is 9.37. The highest BCUT2D eigenvalue weighted by Crippen LogP contribution is 2.42. The summed E-state index contributed by atoms with van der Waals surface area (Å²) in [5.41, 5.74) is 0.267. The predicted molar refractivity (Wildman–Crippen MR) is 69.4 cm³/mol. The lowest BCUT2D eigenvalue weighted by Gasteiger charge is -2.28. The van der Waals surface area contributed by atoms with Crippen LogP contribution in [0.5, 0.6) is 5.75 Å². The molecule has 0 bridgehead atoms. The van der Waals surface area contributed by atoms with E-state index in [1.54, 1.807) is 0 Å². The molecule has 1 heterocycles. The van der Waals surface area contributed by atoms with Crippen molar-refractivity contribution >= 4 is 44.1 Å². The Hall–Kier alpha value is -1.22. The van der Waals surface area contributed by atoms with Gasteiger partial charge in [0.15, 0.2) is 5.76 Å². The Labute approximate surface area is 127 Å². The van der Waals surface area contributed by atoms with Crippen molar-refractivity contribution in [2.24, 2.45) is 0 Å². The van der Waals surface area contributed by atoms with Gasteiger partial charge in [-0.15, -0.1) is 0 Å². The van der Waals surface area contributed by atoms with Crippen molar-refractivity contribution in [3.8, 4) is 5.75 Å². The molecule has 20 heavy (non-hydrogen) atoms. The quantitative estimate of drug-likeness (QED) is 0.680. The lowest BCUT2D eigenvalue weighted by molar-refractivity contribution is -0.191. The lowest BCUT2D eigenvalue weighted by atomic mass is 10.1. The Kier molecular flexibility index (Phi) is 4.01. The van der Waals surface area contributed by atoms with Gasteiger partial charge in [0.05, 0.1) is 4.47 Å². The molecular formula is C11H5Br2F3O4. The van der Waals surface area contributed by atoms with E-state index in [0.29, 0.717) is 8.95 Å². The van der Waals surface area contributed by atoms with Gasteiger partial charge in [-0.3, -0.25) is 0 Å². The minimum Gasteiger partial charge on any atom is -0.471 e. The number of carboxylic acid groups (broad SMARTS) is 1. The SMILES string of the molecule is O=C(O)OC1=Cc2cc(Br)cc(Br)c2OC1C(F)(F)F. The summed E-state index contributed by atoms with van der Waals surface area (Å²) in [6, 6.07) is 3.00. The molecule has 1 N–H and O–H groups in total. The predicted octanol–water partition coefficient (Wildman–Crippen LogP) is 4.57. The fourth-order valence-corrected chi connectivity index (χ4v) is 2.98. The molecule has 0 saturated carbocycles. The van der Waals surface area contributed by atoms with Gasteiger partial charge in [-0.2, -0.15) is 13.2 Å². The van der Waals surface area contributed by atoms with Gasteiger partial charge in [0.25, 0.3) is 6.10 Å². The third-order valence-corrected chi connectivity index (χ3v) is 3.38. The maximum absolute atomic E-state index is 12.9. The van der Waals surface area contributed by atoms with E-state index in [9.17, 15) is 18.0 Å². The van der Waals surface area contributed by atoms with Crippen LogP contribution in [0.4, 0.5) is 18.0 Å². The molecular weight excluding hydrogens is 413 g/mol. The molecule has 0 fully saturated rings. The van der Waals surface area contributed by atoms with Crippen molar-refractivity contribution in [1.82, 2.24) is 0 Å². The number of benzene rings is 1. The summed E-state index contributed by atoms with van der Waals surface area (Å²) < 4.78 is 48.6. The van der Waals surface area contributed by atoms with Crippen LogP contribution in [0.15, 0.2) is 26.8 Å². The Morgan fingerprint density at radius 3 is 2.55 bits per heavy atom. The van der Waals surface area contributed by atoms with Crippen LogP contribution in [0.1, 0.15) is 5.56 Å². The van der Waals surface area contributed by atoms with Crippen LogP contribution in [0.25, 0.3) is 6.08 Å². The molecule has 1 aliphatic heterocycles. The highest BCUT2D eigenvalue weighted by Gasteiger charge is 2.48. The Bertz CT molecular complexity index is 598. The molecule has 1 unspecified atom stereocenters. The van der Waals surface area contributed by atoms with Crippen LogP contribution >= 0.6 is 31.9 Å². The number of carbonyl (C=O) groups is 1. The average Bonchev–Trinajstić information content (AvgIpc) is 2.25. The van der Waals surface area contributed by atoms with E-state index >= 15 is 0 Å². The number of hydrogen-bond donors (Lipinski definition) is 1. The van der Waals surface area contributed by atoms with E-state index in [1.165, 1.54) is 12.1 Å². The first-order valence-electron chi connectivity index (χ1n) is 5.03. The first kappa shape index (κ1) is 15.2. The zero-order chi connectivity index (χ0) is 15.1. The van der Waals surface area contributed by atoms with Crippen LogP contribution in [-0.2, 0) is 4.74 Å². The van der Waals surface area contributed by atoms with Gasteiger partial charge in [-0.25, -0.2) is 4.79 Å². The summed E-state index contributed by atoms with van der Waals surface area (Å²) in [5.74, 6) is -0.865. The van der Waals surface area contributed by atoms with Crippen LogP contribution < -0.4 is 4.74 Å². The minimum absolute atomic E-state index is 0.0340. The minimum atomic E-state index is -4.80. The van der Waals surface area contributed by atoms with E-state index in [2.05, 4.69) is 36.6 Å². The average molecular weight is 418 g/mol. The van der Waals surface area contributed by atoms with Gasteiger partial charge in [0, 0.05) is 10.0 Å². The molecule has 0 aliphatic carbocycles. The van der Waals surface area contributed by atoms with E-state index in [1.807, 2.05) is 0 Å². The number of ether oxygens (including phenoxy) is 2. The van der Waals surface area contributed by atoms with Crippen LogP contribution in [0, 0.1) is 0 Å². The zero-order valence-corrected chi connectivity index (χ0v) is 12.5. The summed E-state index contributed by atoms with van der Waals surface area (Å²) in [5, 5.41) is 8.50. The maximum atomic E-state index is 12.9. The van der Waals surface area contributed by atoms with Crippen molar-refractivity contribution in [2.75, 3.05) is 0 Å². The second-order valence-electron chi connectivity index (χ2n) is 3.76. The molecule has 0 aromatic heterocycles. The van der Waals surface area contributed by atoms with Crippen molar-refractivity contribution in [1.29, 1.82) is 0 Å². The van der Waals surface area contributed by atoms with E-state index in [4.69, 9.17) is 9.84 Å². The maximum Gasteiger partial charge on any atom is 0.511 e. The Morgan fingerprint density at radius 2 is 2.00 bits per heavy atom. The van der Waals surface area contributed by atoms with E-state index < -0.39 is 24.2 Å². The first-order chi connectivity index (χ1) is 9.18. The molecule has 2 rings (SSSR count). The molecule has 1 atom stereocenters. The van der Waals surface area contributed by atoms with Gasteiger partial charge in [0.1, 0.15) is 5.75 Å². The summed E-state index contributed by atoms with van der Waals surface area (Å²) in [6.45, 7) is 0. The van der Waals surface area contributed by atoms with Crippen LogP contribution in [-0.4, -0.2) is 23.5 Å². The topological polar surface area (TPSA) is 55.8 Å². The molecule has 0 saturated heterocycles. The van der Waals surface area contributed by atoms with E-state index in [0.717, 1.165) is 6.08 Å². The standard InChI is InChI=1S/C11H5Br2F3O4/c12-5-1-4-2-7(19-10(17)18)9(11(14,15)16)20-8(4)6(13)3-5/h1-3,9H,(H,17,18). The molecule has 0 radical (unpaired) electrons. The molecule has 0 amide bonds. The smallest absolute Gasteiger partial charge is 0.471 e. The van der Waals surface area contributed by atoms with E-state index in [-0.39, 0.29) is 11.3 Å². The van der Waals surface area contributed by atoms with Crippen LogP contribution in [0.3, 0.4) is 0 Å². The molecule has 0 spiro atoms. The van der Waals surface area contributed by atoms with Crippen LogP contribution in [0.2, 0.25) is 0 Å². The van der Waals surface area contributed by atoms with Crippen molar-refractivity contribution in [3.05, 3.63) is 32.4 Å². The molecule has 1 aliphatic rings. The van der Waals surface area contributed by atoms with Gasteiger partial charge < -0.3 is 14.6 Å². The summed E-state index contributed by atoms with van der Waals surface area (Å²) in [4.78, 5) is 10.5. The third-order valence-electron chi connectivity index (χ3n) is 2.33. The van der Waals surface area contributed by atoms with Crippen molar-refractivity contribution in [3.63, 3.8) is 0 Å². The first-order valence-corrected chi connectivity index (χ1v) is 6.62. The normalized spacial score (nSPS) is 17.9. The van der Waals surface area contributed by atoms with Gasteiger partial charge in [-0.05, 0) is 34.1 Å². The second kappa shape index (κ2) is 5.28.